The van der Waals surface area contributed by atoms with Crippen LogP contribution in [0.2, 0.25) is 0 Å². The number of carbonyl (C=O) groups is 1. The molecule has 0 aromatic heterocycles. The first-order valence-corrected chi connectivity index (χ1v) is 8.66. The Morgan fingerprint density at radius 1 is 1.12 bits per heavy atom. The lowest BCUT2D eigenvalue weighted by atomic mass is 10.0. The molecule has 1 N–H and O–H groups in total. The Morgan fingerprint density at radius 3 is 2.64 bits per heavy atom. The van der Waals surface area contributed by atoms with Gasteiger partial charge >= 0.3 is 0 Å². The number of nitrogens with zero attached hydrogens (tertiary/aromatic N) is 1. The molecule has 1 heterocycles. The molecule has 5 heteroatoms. The zero-order chi connectivity index (χ0) is 17.8. The number of fused-ring (bicyclic) bond motifs is 1. The van der Waals surface area contributed by atoms with Crippen LogP contribution in [0.15, 0.2) is 42.5 Å². The summed E-state index contributed by atoms with van der Waals surface area (Å²) in [6.07, 6.45) is 0.700. The fraction of sp³-hybridized carbons (Fsp3) is 0.350. The summed E-state index contributed by atoms with van der Waals surface area (Å²) in [4.78, 5) is 14.6. The van der Waals surface area contributed by atoms with Crippen LogP contribution >= 0.6 is 0 Å². The van der Waals surface area contributed by atoms with E-state index in [-0.39, 0.29) is 12.1 Å². The molecule has 2 aromatic carbocycles. The van der Waals surface area contributed by atoms with Gasteiger partial charge in [0.15, 0.2) is 11.5 Å². The summed E-state index contributed by atoms with van der Waals surface area (Å²) in [5.41, 5.74) is 2.52. The highest BCUT2D eigenvalue weighted by atomic mass is 16.5. The molecule has 0 radical (unpaired) electrons. The van der Waals surface area contributed by atoms with E-state index in [1.54, 1.807) is 7.11 Å². The standard InChI is InChI=1S/C20H24N2O3/c1-4-12-25-17-11-10-14(13-18(17)24-3)19-21-16-9-7-6-8-15(16)20(23)22(19)5-2/h6-11,13,19,21H,4-5,12H2,1-3H3. The SMILES string of the molecule is CCCOc1ccc(C2Nc3ccccc3C(=O)N2CC)cc1OC. The number of para-hydroxylation sites is 1. The van der Waals surface area contributed by atoms with Crippen molar-refractivity contribution in [3.8, 4) is 11.5 Å². The third-order valence-corrected chi connectivity index (χ3v) is 4.33. The number of ether oxygens (including phenoxy) is 2. The Hall–Kier alpha value is -2.69. The zero-order valence-corrected chi connectivity index (χ0v) is 14.9. The van der Waals surface area contributed by atoms with Gasteiger partial charge < -0.3 is 19.7 Å². The number of methoxy groups -OCH3 is 1. The summed E-state index contributed by atoms with van der Waals surface area (Å²) in [6.45, 7) is 5.30. The Kier molecular flexibility index (Phi) is 5.12. The Balaban J connectivity index is 1.96. The van der Waals surface area contributed by atoms with Gasteiger partial charge in [-0.1, -0.05) is 25.1 Å². The van der Waals surface area contributed by atoms with Gasteiger partial charge in [0, 0.05) is 12.2 Å². The minimum Gasteiger partial charge on any atom is -0.493 e. The van der Waals surface area contributed by atoms with Crippen molar-refractivity contribution in [3.05, 3.63) is 53.6 Å². The van der Waals surface area contributed by atoms with Crippen LogP contribution in [-0.2, 0) is 0 Å². The second kappa shape index (κ2) is 7.47. The third kappa shape index (κ3) is 3.27. The monoisotopic (exact) mass is 340 g/mol. The van der Waals surface area contributed by atoms with E-state index in [0.29, 0.717) is 24.5 Å². The van der Waals surface area contributed by atoms with Crippen LogP contribution in [0.1, 0.15) is 42.4 Å². The molecule has 0 saturated heterocycles. The maximum Gasteiger partial charge on any atom is 0.257 e. The molecule has 1 aliphatic rings. The number of benzene rings is 2. The molecule has 1 unspecified atom stereocenters. The Bertz CT molecular complexity index is 760. The summed E-state index contributed by atoms with van der Waals surface area (Å²) in [5, 5.41) is 3.47. The lowest BCUT2D eigenvalue weighted by Gasteiger charge is -2.37. The van der Waals surface area contributed by atoms with Gasteiger partial charge in [0.2, 0.25) is 0 Å². The average molecular weight is 340 g/mol. The number of hydrogen-bond donors (Lipinski definition) is 1. The molecule has 132 valence electrons. The van der Waals surface area contributed by atoms with E-state index >= 15 is 0 Å². The van der Waals surface area contributed by atoms with E-state index in [4.69, 9.17) is 9.47 Å². The first-order valence-electron chi connectivity index (χ1n) is 8.66. The maximum atomic E-state index is 12.8. The molecule has 0 saturated carbocycles. The predicted molar refractivity (Wildman–Crippen MR) is 98.3 cm³/mol. The second-order valence-corrected chi connectivity index (χ2v) is 5.94. The highest BCUT2D eigenvalue weighted by molar-refractivity contribution is 6.01. The van der Waals surface area contributed by atoms with Crippen LogP contribution < -0.4 is 14.8 Å². The number of hydrogen-bond acceptors (Lipinski definition) is 4. The van der Waals surface area contributed by atoms with Gasteiger partial charge in [0.1, 0.15) is 6.17 Å². The van der Waals surface area contributed by atoms with Crippen LogP contribution in [0.4, 0.5) is 5.69 Å². The molecule has 1 amide bonds. The summed E-state index contributed by atoms with van der Waals surface area (Å²) >= 11 is 0. The molecule has 1 aliphatic heterocycles. The van der Waals surface area contributed by atoms with Crippen molar-refractivity contribution in [3.63, 3.8) is 0 Å². The van der Waals surface area contributed by atoms with Crippen LogP contribution in [0.3, 0.4) is 0 Å². The molecule has 1 atom stereocenters. The molecule has 0 aliphatic carbocycles. The predicted octanol–water partition coefficient (Wildman–Crippen LogP) is 4.07. The first kappa shape index (κ1) is 17.1. The van der Waals surface area contributed by atoms with Gasteiger partial charge in [0.25, 0.3) is 5.91 Å². The number of rotatable bonds is 6. The average Bonchev–Trinajstić information content (AvgIpc) is 2.66. The van der Waals surface area contributed by atoms with Crippen LogP contribution in [-0.4, -0.2) is 31.1 Å². The number of nitrogens with one attached hydrogen (secondary N) is 1. The molecule has 0 spiro atoms. The van der Waals surface area contributed by atoms with Crippen molar-refractivity contribution in [1.82, 2.24) is 4.90 Å². The van der Waals surface area contributed by atoms with E-state index in [1.807, 2.05) is 54.3 Å². The quantitative estimate of drug-likeness (QED) is 0.861. The molecule has 2 aromatic rings. The minimum atomic E-state index is -0.235. The Morgan fingerprint density at radius 2 is 1.92 bits per heavy atom. The van der Waals surface area contributed by atoms with E-state index < -0.39 is 0 Å². The largest absolute Gasteiger partial charge is 0.493 e. The zero-order valence-electron chi connectivity index (χ0n) is 14.9. The van der Waals surface area contributed by atoms with E-state index in [2.05, 4.69) is 12.2 Å². The van der Waals surface area contributed by atoms with Crippen molar-refractivity contribution in [2.75, 3.05) is 25.6 Å². The van der Waals surface area contributed by atoms with E-state index in [0.717, 1.165) is 23.4 Å². The second-order valence-electron chi connectivity index (χ2n) is 5.94. The van der Waals surface area contributed by atoms with Crippen molar-refractivity contribution in [1.29, 1.82) is 0 Å². The number of amides is 1. The van der Waals surface area contributed by atoms with Gasteiger partial charge in [-0.3, -0.25) is 4.79 Å². The normalized spacial score (nSPS) is 16.2. The van der Waals surface area contributed by atoms with Gasteiger partial charge in [0.05, 0.1) is 19.3 Å². The molecule has 25 heavy (non-hydrogen) atoms. The van der Waals surface area contributed by atoms with Crippen molar-refractivity contribution in [2.45, 2.75) is 26.4 Å². The van der Waals surface area contributed by atoms with Gasteiger partial charge in [-0.15, -0.1) is 0 Å². The Labute approximate surface area is 148 Å². The fourth-order valence-corrected chi connectivity index (χ4v) is 3.07. The topological polar surface area (TPSA) is 50.8 Å². The smallest absolute Gasteiger partial charge is 0.257 e. The summed E-state index contributed by atoms with van der Waals surface area (Å²) in [6, 6.07) is 13.4. The van der Waals surface area contributed by atoms with Crippen molar-refractivity contribution < 1.29 is 14.3 Å². The summed E-state index contributed by atoms with van der Waals surface area (Å²) in [5.74, 6) is 1.43. The van der Waals surface area contributed by atoms with Gasteiger partial charge in [-0.2, -0.15) is 0 Å². The molecule has 5 nitrogen and oxygen atoms in total. The summed E-state index contributed by atoms with van der Waals surface area (Å²) < 4.78 is 11.2. The van der Waals surface area contributed by atoms with Gasteiger partial charge in [-0.25, -0.2) is 0 Å². The lowest BCUT2D eigenvalue weighted by Crippen LogP contribution is -2.42. The third-order valence-electron chi connectivity index (χ3n) is 4.33. The molecule has 0 bridgehead atoms. The van der Waals surface area contributed by atoms with Crippen LogP contribution in [0, 0.1) is 0 Å². The van der Waals surface area contributed by atoms with Gasteiger partial charge in [-0.05, 0) is 43.2 Å². The summed E-state index contributed by atoms with van der Waals surface area (Å²) in [7, 11) is 1.63. The minimum absolute atomic E-state index is 0.0344. The maximum absolute atomic E-state index is 12.8. The molecular formula is C20H24N2O3. The molecule has 3 rings (SSSR count). The first-order chi connectivity index (χ1) is 12.2. The van der Waals surface area contributed by atoms with Crippen molar-refractivity contribution >= 4 is 11.6 Å². The van der Waals surface area contributed by atoms with Crippen molar-refractivity contribution in [2.24, 2.45) is 0 Å². The fourth-order valence-electron chi connectivity index (χ4n) is 3.07. The number of carbonyl (C=O) groups excluding carboxylic acids is 1. The van der Waals surface area contributed by atoms with Crippen LogP contribution in [0.25, 0.3) is 0 Å². The molecule has 0 fully saturated rings. The van der Waals surface area contributed by atoms with Crippen LogP contribution in [0.5, 0.6) is 11.5 Å². The number of anilines is 1. The lowest BCUT2D eigenvalue weighted by molar-refractivity contribution is 0.0694. The van der Waals surface area contributed by atoms with E-state index in [1.165, 1.54) is 0 Å². The highest BCUT2D eigenvalue weighted by Gasteiger charge is 2.32. The van der Waals surface area contributed by atoms with E-state index in [9.17, 15) is 4.79 Å². The molecular weight excluding hydrogens is 316 g/mol. The highest BCUT2D eigenvalue weighted by Crippen LogP contribution is 2.36.